The fourth-order valence-corrected chi connectivity index (χ4v) is 3.85. The second kappa shape index (κ2) is 9.91. The zero-order valence-corrected chi connectivity index (χ0v) is 17.0. The first kappa shape index (κ1) is 21.3. The van der Waals surface area contributed by atoms with Gasteiger partial charge in [-0.3, -0.25) is 4.79 Å². The number of fused-ring (bicyclic) bond motifs is 1. The Morgan fingerprint density at radius 1 is 1.16 bits per heavy atom. The van der Waals surface area contributed by atoms with Gasteiger partial charge in [-0.15, -0.1) is 0 Å². The summed E-state index contributed by atoms with van der Waals surface area (Å²) in [5, 5.41) is 6.78. The number of benzene rings is 2. The van der Waals surface area contributed by atoms with Crippen LogP contribution in [0.4, 0.5) is 0 Å². The van der Waals surface area contributed by atoms with Crippen molar-refractivity contribution in [2.75, 3.05) is 6.61 Å². The second-order valence-corrected chi connectivity index (χ2v) is 7.44. The molecule has 2 aliphatic heterocycles. The van der Waals surface area contributed by atoms with Crippen molar-refractivity contribution in [3.63, 3.8) is 0 Å². The first-order valence-electron chi connectivity index (χ1n) is 10.1. The topological polar surface area (TPSA) is 115 Å². The number of nitrogens with one attached hydrogen (secondary N) is 1. The first-order valence-corrected chi connectivity index (χ1v) is 10.1. The molecule has 2 aromatic carbocycles. The molecule has 0 saturated carbocycles. The molecule has 0 aliphatic carbocycles. The minimum Gasteiger partial charge on any atom is -0.348 e. The SMILES string of the molecule is CC(=O)N[C@H]1[C@@H](OCc2ccccc2)O[C@@H]2CO[C@H](c3ccccc3)O[C@@H]2[C@@H]1N=[N+]=[N-]. The van der Waals surface area contributed by atoms with Crippen molar-refractivity contribution in [1.29, 1.82) is 0 Å². The molecule has 9 heteroatoms. The molecule has 0 radical (unpaired) electrons. The molecular formula is C22H24N4O5. The van der Waals surface area contributed by atoms with Gasteiger partial charge in [0.25, 0.3) is 0 Å². The van der Waals surface area contributed by atoms with E-state index in [1.54, 1.807) is 0 Å². The van der Waals surface area contributed by atoms with Gasteiger partial charge in [-0.1, -0.05) is 65.8 Å². The lowest BCUT2D eigenvalue weighted by Gasteiger charge is -2.48. The Kier molecular flexibility index (Phi) is 6.81. The number of amides is 1. The van der Waals surface area contributed by atoms with Gasteiger partial charge in [0.05, 0.1) is 25.3 Å². The molecule has 0 bridgehead atoms. The molecule has 0 aromatic heterocycles. The molecule has 31 heavy (non-hydrogen) atoms. The van der Waals surface area contributed by atoms with Crippen molar-refractivity contribution >= 4 is 5.91 Å². The lowest BCUT2D eigenvalue weighted by atomic mass is 9.93. The number of carbonyl (C=O) groups is 1. The molecule has 0 unspecified atom stereocenters. The third kappa shape index (κ3) is 5.04. The van der Waals surface area contributed by atoms with Gasteiger partial charge in [0.2, 0.25) is 5.91 Å². The summed E-state index contributed by atoms with van der Waals surface area (Å²) in [4.78, 5) is 14.9. The summed E-state index contributed by atoms with van der Waals surface area (Å²) >= 11 is 0. The van der Waals surface area contributed by atoms with E-state index >= 15 is 0 Å². The second-order valence-electron chi connectivity index (χ2n) is 7.44. The van der Waals surface area contributed by atoms with Crippen LogP contribution in [-0.4, -0.2) is 43.1 Å². The molecule has 2 aliphatic rings. The van der Waals surface area contributed by atoms with E-state index in [4.69, 9.17) is 18.9 Å². The van der Waals surface area contributed by atoms with Crippen molar-refractivity contribution in [1.82, 2.24) is 5.32 Å². The van der Waals surface area contributed by atoms with Crippen LogP contribution >= 0.6 is 0 Å². The molecule has 2 saturated heterocycles. The van der Waals surface area contributed by atoms with Crippen LogP contribution in [0, 0.1) is 0 Å². The number of ether oxygens (including phenoxy) is 4. The Hall–Kier alpha value is -2.94. The van der Waals surface area contributed by atoms with Crippen LogP contribution < -0.4 is 5.32 Å². The average Bonchev–Trinajstić information content (AvgIpc) is 2.80. The predicted molar refractivity (Wildman–Crippen MR) is 110 cm³/mol. The number of hydrogen-bond acceptors (Lipinski definition) is 6. The van der Waals surface area contributed by atoms with E-state index in [-0.39, 0.29) is 19.1 Å². The van der Waals surface area contributed by atoms with Gasteiger partial charge in [0.15, 0.2) is 12.6 Å². The van der Waals surface area contributed by atoms with Gasteiger partial charge >= 0.3 is 0 Å². The van der Waals surface area contributed by atoms with Crippen LogP contribution in [-0.2, 0) is 30.3 Å². The number of rotatable bonds is 6. The fourth-order valence-electron chi connectivity index (χ4n) is 3.85. The summed E-state index contributed by atoms with van der Waals surface area (Å²) in [6, 6.07) is 17.6. The quantitative estimate of drug-likeness (QED) is 0.434. The Labute approximate surface area is 179 Å². The highest BCUT2D eigenvalue weighted by Gasteiger charge is 2.50. The van der Waals surface area contributed by atoms with Crippen molar-refractivity contribution in [2.45, 2.75) is 50.4 Å². The molecule has 4 rings (SSSR count). The first-order chi connectivity index (χ1) is 15.2. The fraction of sp³-hybridized carbons (Fsp3) is 0.409. The van der Waals surface area contributed by atoms with Crippen molar-refractivity contribution in [3.05, 3.63) is 82.2 Å². The van der Waals surface area contributed by atoms with Gasteiger partial charge < -0.3 is 24.3 Å². The zero-order chi connectivity index (χ0) is 21.6. The molecule has 2 fully saturated rings. The van der Waals surface area contributed by atoms with Crippen LogP contribution in [0.25, 0.3) is 10.4 Å². The molecule has 1 N–H and O–H groups in total. The third-order valence-electron chi connectivity index (χ3n) is 5.25. The van der Waals surface area contributed by atoms with Crippen molar-refractivity contribution in [3.8, 4) is 0 Å². The van der Waals surface area contributed by atoms with Gasteiger partial charge in [-0.25, -0.2) is 0 Å². The molecule has 9 nitrogen and oxygen atoms in total. The Balaban J connectivity index is 1.56. The summed E-state index contributed by atoms with van der Waals surface area (Å²) in [5.41, 5.74) is 11.0. The summed E-state index contributed by atoms with van der Waals surface area (Å²) in [6.07, 6.45) is -2.58. The maximum atomic E-state index is 11.9. The highest BCUT2D eigenvalue weighted by Crippen LogP contribution is 2.36. The van der Waals surface area contributed by atoms with E-state index in [1.165, 1.54) is 6.92 Å². The monoisotopic (exact) mass is 424 g/mol. The van der Waals surface area contributed by atoms with Crippen LogP contribution in [0.3, 0.4) is 0 Å². The highest BCUT2D eigenvalue weighted by molar-refractivity contribution is 5.73. The van der Waals surface area contributed by atoms with Crippen molar-refractivity contribution in [2.24, 2.45) is 5.11 Å². The van der Waals surface area contributed by atoms with Gasteiger partial charge in [-0.05, 0) is 11.1 Å². The predicted octanol–water partition coefficient (Wildman–Crippen LogP) is 3.23. The molecule has 2 aromatic rings. The van der Waals surface area contributed by atoms with E-state index in [9.17, 15) is 10.3 Å². The molecular weight excluding hydrogens is 400 g/mol. The largest absolute Gasteiger partial charge is 0.348 e. The van der Waals surface area contributed by atoms with Gasteiger partial charge in [0, 0.05) is 17.4 Å². The summed E-state index contributed by atoms with van der Waals surface area (Å²) in [7, 11) is 0. The number of hydrogen-bond donors (Lipinski definition) is 1. The van der Waals surface area contributed by atoms with E-state index in [0.717, 1.165) is 11.1 Å². The molecule has 0 spiro atoms. The van der Waals surface area contributed by atoms with Crippen molar-refractivity contribution < 1.29 is 23.7 Å². The minimum absolute atomic E-state index is 0.236. The van der Waals surface area contributed by atoms with Crippen LogP contribution in [0.5, 0.6) is 0 Å². The highest BCUT2D eigenvalue weighted by atomic mass is 16.7. The maximum absolute atomic E-state index is 11.9. The summed E-state index contributed by atoms with van der Waals surface area (Å²) in [5.74, 6) is -0.287. The van der Waals surface area contributed by atoms with Crippen LogP contribution in [0.15, 0.2) is 65.8 Å². The number of azide groups is 1. The normalized spacial score (nSPS) is 30.0. The third-order valence-corrected chi connectivity index (χ3v) is 5.25. The standard InChI is InChI=1S/C22H24N4O5/c1-14(27)24-19-18(25-26-23)20-17(13-29-21(31-20)16-10-6-3-7-11-16)30-22(19)28-12-15-8-4-2-5-9-15/h2-11,17-22H,12-13H2,1H3,(H,24,27)/t17-,18-,19-,20+,21+,22+/m1/s1. The van der Waals surface area contributed by atoms with E-state index in [0.29, 0.717) is 0 Å². The number of carbonyl (C=O) groups excluding carboxylic acids is 1. The maximum Gasteiger partial charge on any atom is 0.217 e. The number of nitrogens with zero attached hydrogens (tertiary/aromatic N) is 3. The lowest BCUT2D eigenvalue weighted by Crippen LogP contribution is -2.65. The lowest BCUT2D eigenvalue weighted by molar-refractivity contribution is -0.327. The van der Waals surface area contributed by atoms with E-state index < -0.39 is 36.9 Å². The van der Waals surface area contributed by atoms with Gasteiger partial charge in [0.1, 0.15) is 12.2 Å². The van der Waals surface area contributed by atoms with E-state index in [2.05, 4.69) is 15.3 Å². The minimum atomic E-state index is -0.832. The van der Waals surface area contributed by atoms with E-state index in [1.807, 2.05) is 60.7 Å². The Morgan fingerprint density at radius 3 is 2.55 bits per heavy atom. The Morgan fingerprint density at radius 2 is 1.87 bits per heavy atom. The van der Waals surface area contributed by atoms with Crippen LogP contribution in [0.1, 0.15) is 24.3 Å². The summed E-state index contributed by atoms with van der Waals surface area (Å²) < 4.78 is 24.1. The molecule has 2 heterocycles. The summed E-state index contributed by atoms with van der Waals surface area (Å²) in [6.45, 7) is 1.90. The zero-order valence-electron chi connectivity index (χ0n) is 17.0. The molecule has 6 atom stereocenters. The molecule has 162 valence electrons. The average molecular weight is 424 g/mol. The Bertz CT molecular complexity index is 922. The smallest absolute Gasteiger partial charge is 0.217 e. The molecule has 1 amide bonds. The van der Waals surface area contributed by atoms with Crippen LogP contribution in [0.2, 0.25) is 0 Å². The van der Waals surface area contributed by atoms with Gasteiger partial charge in [-0.2, -0.15) is 0 Å².